The van der Waals surface area contributed by atoms with Gasteiger partial charge in [-0.25, -0.2) is 0 Å². The fourth-order valence-electron chi connectivity index (χ4n) is 3.97. The summed E-state index contributed by atoms with van der Waals surface area (Å²) in [4.78, 5) is 2.20. The molecule has 1 heterocycles. The van der Waals surface area contributed by atoms with E-state index < -0.39 is 0 Å². The highest BCUT2D eigenvalue weighted by atomic mass is 16.5. The molecular weight excluding hydrogens is 410 g/mol. The van der Waals surface area contributed by atoms with Gasteiger partial charge in [-0.2, -0.15) is 0 Å². The third-order valence-corrected chi connectivity index (χ3v) is 5.75. The lowest BCUT2D eigenvalue weighted by Crippen LogP contribution is -2.09. The van der Waals surface area contributed by atoms with Gasteiger partial charge >= 0.3 is 0 Å². The summed E-state index contributed by atoms with van der Waals surface area (Å²) in [6.07, 6.45) is 0. The second kappa shape index (κ2) is 8.75. The van der Waals surface area contributed by atoms with Crippen LogP contribution in [0.25, 0.3) is 22.3 Å². The van der Waals surface area contributed by atoms with Gasteiger partial charge in [-0.1, -0.05) is 12.1 Å². The Morgan fingerprint density at radius 2 is 1.12 bits per heavy atom. The zero-order valence-electron chi connectivity index (χ0n) is 18.9. The largest absolute Gasteiger partial charge is 0.497 e. The molecule has 0 saturated heterocycles. The van der Waals surface area contributed by atoms with E-state index in [9.17, 15) is 0 Å². The Kier molecular flexibility index (Phi) is 5.49. The van der Waals surface area contributed by atoms with Crippen LogP contribution in [0.5, 0.6) is 11.5 Å². The van der Waals surface area contributed by atoms with E-state index in [2.05, 4.69) is 84.6 Å². The van der Waals surface area contributed by atoms with Crippen molar-refractivity contribution in [1.82, 2.24) is 0 Å². The average molecular weight is 436 g/mol. The third-order valence-electron chi connectivity index (χ3n) is 5.75. The van der Waals surface area contributed by atoms with E-state index in [-0.39, 0.29) is 0 Å². The molecule has 4 heteroatoms. The second-order valence-electron chi connectivity index (χ2n) is 7.93. The molecule has 4 aromatic carbocycles. The van der Waals surface area contributed by atoms with Crippen LogP contribution < -0.4 is 14.4 Å². The van der Waals surface area contributed by atoms with Crippen molar-refractivity contribution in [2.24, 2.45) is 0 Å². The minimum atomic E-state index is 0.823. The molecule has 0 radical (unpaired) electrons. The zero-order valence-corrected chi connectivity index (χ0v) is 18.9. The van der Waals surface area contributed by atoms with Crippen LogP contribution in [0, 0.1) is 6.92 Å². The smallest absolute Gasteiger partial charge is 0.135 e. The van der Waals surface area contributed by atoms with Gasteiger partial charge in [0.25, 0.3) is 0 Å². The summed E-state index contributed by atoms with van der Waals surface area (Å²) in [5.74, 6) is 2.51. The Morgan fingerprint density at radius 3 is 1.64 bits per heavy atom. The van der Waals surface area contributed by atoms with Gasteiger partial charge in [-0.3, -0.25) is 0 Å². The van der Waals surface area contributed by atoms with Gasteiger partial charge in [0.2, 0.25) is 0 Å². The number of ether oxygens (including phenoxy) is 2. The Morgan fingerprint density at radius 1 is 0.606 bits per heavy atom. The summed E-state index contributed by atoms with van der Waals surface area (Å²) in [5.41, 5.74) is 6.25. The lowest BCUT2D eigenvalue weighted by molar-refractivity contribution is 0.415. The first-order valence-electron chi connectivity index (χ1n) is 10.8. The highest BCUT2D eigenvalue weighted by molar-refractivity contribution is 5.84. The van der Waals surface area contributed by atoms with E-state index in [1.54, 1.807) is 14.2 Å². The number of hydrogen-bond acceptors (Lipinski definition) is 4. The minimum Gasteiger partial charge on any atom is -0.497 e. The Balaban J connectivity index is 1.53. The van der Waals surface area contributed by atoms with E-state index in [0.717, 1.165) is 50.9 Å². The fraction of sp³-hybridized carbons (Fsp3) is 0.103. The maximum absolute atomic E-state index is 6.11. The van der Waals surface area contributed by atoms with Gasteiger partial charge in [0.15, 0.2) is 0 Å². The SMILES string of the molecule is COc1ccc(N(c2ccc(OC)cc2)c2ccc(-c3cc4ccc(C)cc4o3)cc2)cc1. The number of fused-ring (bicyclic) bond motifs is 1. The minimum absolute atomic E-state index is 0.823. The van der Waals surface area contributed by atoms with Crippen molar-refractivity contribution in [3.05, 3.63) is 103 Å². The van der Waals surface area contributed by atoms with Gasteiger partial charge in [-0.05, 0) is 97.4 Å². The topological polar surface area (TPSA) is 34.8 Å². The van der Waals surface area contributed by atoms with Crippen LogP contribution in [0.3, 0.4) is 0 Å². The number of rotatable bonds is 6. The van der Waals surface area contributed by atoms with Crippen molar-refractivity contribution in [3.8, 4) is 22.8 Å². The maximum atomic E-state index is 6.11. The molecule has 0 spiro atoms. The van der Waals surface area contributed by atoms with Crippen LogP contribution in [0.2, 0.25) is 0 Å². The first-order chi connectivity index (χ1) is 16.1. The van der Waals surface area contributed by atoms with Crippen molar-refractivity contribution in [2.45, 2.75) is 6.92 Å². The molecule has 5 rings (SSSR count). The standard InChI is InChI=1S/C29H25NO3/c1-20-4-5-22-19-29(33-28(22)18-20)21-6-8-23(9-7-21)30(24-10-14-26(31-2)15-11-24)25-12-16-27(32-3)17-13-25/h4-19H,1-3H3. The van der Waals surface area contributed by atoms with Crippen LogP contribution in [0.15, 0.2) is 101 Å². The number of aryl methyl sites for hydroxylation is 1. The quantitative estimate of drug-likeness (QED) is 0.272. The van der Waals surface area contributed by atoms with E-state index in [1.807, 2.05) is 24.3 Å². The zero-order chi connectivity index (χ0) is 22.8. The molecule has 0 aliphatic heterocycles. The lowest BCUT2D eigenvalue weighted by Gasteiger charge is -2.26. The first-order valence-corrected chi connectivity index (χ1v) is 10.8. The van der Waals surface area contributed by atoms with E-state index in [0.29, 0.717) is 0 Å². The summed E-state index contributed by atoms with van der Waals surface area (Å²) in [7, 11) is 3.35. The Bertz CT molecular complexity index is 1320. The number of methoxy groups -OCH3 is 2. The summed E-state index contributed by atoms with van der Waals surface area (Å²) < 4.78 is 16.8. The third kappa shape index (κ3) is 4.15. The van der Waals surface area contributed by atoms with Crippen LogP contribution in [0.4, 0.5) is 17.1 Å². The maximum Gasteiger partial charge on any atom is 0.135 e. The van der Waals surface area contributed by atoms with Crippen molar-refractivity contribution in [3.63, 3.8) is 0 Å². The predicted molar refractivity (Wildman–Crippen MR) is 134 cm³/mol. The summed E-state index contributed by atoms with van der Waals surface area (Å²) in [5, 5.41) is 1.11. The lowest BCUT2D eigenvalue weighted by atomic mass is 10.1. The summed E-state index contributed by atoms with van der Waals surface area (Å²) in [6.45, 7) is 2.07. The Hall–Kier alpha value is -4.18. The van der Waals surface area contributed by atoms with Gasteiger partial charge in [0, 0.05) is 28.0 Å². The molecular formula is C29H25NO3. The van der Waals surface area contributed by atoms with E-state index in [1.165, 1.54) is 5.56 Å². The number of nitrogens with zero attached hydrogens (tertiary/aromatic N) is 1. The first kappa shape index (κ1) is 20.7. The van der Waals surface area contributed by atoms with E-state index >= 15 is 0 Å². The van der Waals surface area contributed by atoms with Crippen LogP contribution in [-0.2, 0) is 0 Å². The molecule has 0 atom stereocenters. The molecule has 0 saturated carbocycles. The summed E-state index contributed by atoms with van der Waals surface area (Å²) >= 11 is 0. The van der Waals surface area contributed by atoms with Crippen molar-refractivity contribution >= 4 is 28.0 Å². The van der Waals surface area contributed by atoms with Gasteiger partial charge in [-0.15, -0.1) is 0 Å². The van der Waals surface area contributed by atoms with E-state index in [4.69, 9.17) is 13.9 Å². The second-order valence-corrected chi connectivity index (χ2v) is 7.93. The number of benzene rings is 4. The summed E-state index contributed by atoms with van der Waals surface area (Å²) in [6, 6.07) is 32.9. The van der Waals surface area contributed by atoms with Crippen molar-refractivity contribution in [1.29, 1.82) is 0 Å². The molecule has 1 aromatic heterocycles. The molecule has 4 nitrogen and oxygen atoms in total. The van der Waals surface area contributed by atoms with Crippen LogP contribution in [-0.4, -0.2) is 14.2 Å². The van der Waals surface area contributed by atoms with Crippen LogP contribution >= 0.6 is 0 Å². The van der Waals surface area contributed by atoms with Crippen molar-refractivity contribution in [2.75, 3.05) is 19.1 Å². The fourth-order valence-corrected chi connectivity index (χ4v) is 3.97. The predicted octanol–water partition coefficient (Wildman–Crippen LogP) is 7.90. The molecule has 164 valence electrons. The molecule has 33 heavy (non-hydrogen) atoms. The average Bonchev–Trinajstić information content (AvgIpc) is 3.29. The monoisotopic (exact) mass is 435 g/mol. The molecule has 0 bridgehead atoms. The Labute approximate surface area is 193 Å². The van der Waals surface area contributed by atoms with Gasteiger partial charge in [0.05, 0.1) is 14.2 Å². The number of anilines is 3. The molecule has 5 aromatic rings. The van der Waals surface area contributed by atoms with Crippen LogP contribution in [0.1, 0.15) is 5.56 Å². The highest BCUT2D eigenvalue weighted by Gasteiger charge is 2.14. The van der Waals surface area contributed by atoms with Gasteiger partial charge < -0.3 is 18.8 Å². The number of furan rings is 1. The molecule has 0 N–H and O–H groups in total. The number of hydrogen-bond donors (Lipinski definition) is 0. The molecule has 0 amide bonds. The molecule has 0 unspecified atom stereocenters. The molecule has 0 aliphatic rings. The molecule has 0 aliphatic carbocycles. The van der Waals surface area contributed by atoms with Crippen molar-refractivity contribution < 1.29 is 13.9 Å². The van der Waals surface area contributed by atoms with Gasteiger partial charge in [0.1, 0.15) is 22.8 Å². The molecule has 0 fully saturated rings. The highest BCUT2D eigenvalue weighted by Crippen LogP contribution is 2.37. The normalized spacial score (nSPS) is 10.9.